The highest BCUT2D eigenvalue weighted by Crippen LogP contribution is 2.41. The third-order valence-corrected chi connectivity index (χ3v) is 16.4. The molecule has 18 nitrogen and oxygen atoms in total. The average Bonchev–Trinajstić information content (AvgIpc) is 3.79. The zero-order chi connectivity index (χ0) is 53.7. The molecule has 1 amide bonds. The van der Waals surface area contributed by atoms with Crippen molar-refractivity contribution in [3.05, 3.63) is 118 Å². The summed E-state index contributed by atoms with van der Waals surface area (Å²) in [6, 6.07) is 22.7. The van der Waals surface area contributed by atoms with Crippen molar-refractivity contribution in [2.24, 2.45) is 11.1 Å². The maximum absolute atomic E-state index is 15.0. The maximum Gasteiger partial charge on any atom is 0.268 e. The number of nitrogens with one attached hydrogen (secondary N) is 3. The normalized spacial score (nSPS) is 19.9. The molecule has 3 aromatic heterocycles. The highest BCUT2D eigenvalue weighted by molar-refractivity contribution is 7.90. The van der Waals surface area contributed by atoms with Crippen LogP contribution in [0.15, 0.2) is 95.3 Å². The zero-order valence-electron chi connectivity index (χ0n) is 44.0. The summed E-state index contributed by atoms with van der Waals surface area (Å²) in [7, 11) is -1.34. The van der Waals surface area contributed by atoms with Gasteiger partial charge in [0.25, 0.3) is 21.8 Å². The first kappa shape index (κ1) is 53.9. The lowest BCUT2D eigenvalue weighted by molar-refractivity contribution is 0.00975. The minimum absolute atomic E-state index is 0.00574. The van der Waals surface area contributed by atoms with E-state index in [1.165, 1.54) is 29.5 Å². The van der Waals surface area contributed by atoms with Gasteiger partial charge in [-0.3, -0.25) is 14.6 Å². The van der Waals surface area contributed by atoms with Crippen molar-refractivity contribution in [3.63, 3.8) is 0 Å². The number of benzene rings is 3. The number of hydrogen-bond donors (Lipinski definition) is 4. The third-order valence-electron chi connectivity index (χ3n) is 15.1. The number of nitrogens with zero attached hydrogens (tertiary/aromatic N) is 6. The Kier molecular flexibility index (Phi) is 16.4. The number of H-pyrrole nitrogens is 1. The van der Waals surface area contributed by atoms with Gasteiger partial charge in [-0.15, -0.1) is 4.91 Å². The molecule has 0 unspecified atom stereocenters. The van der Waals surface area contributed by atoms with E-state index in [2.05, 4.69) is 95.1 Å². The van der Waals surface area contributed by atoms with Gasteiger partial charge < -0.3 is 39.3 Å². The molecular formula is C56H68FN9O9S. The van der Waals surface area contributed by atoms with Gasteiger partial charge in [0.15, 0.2) is 28.8 Å². The van der Waals surface area contributed by atoms with Crippen molar-refractivity contribution in [3.8, 4) is 28.9 Å². The summed E-state index contributed by atoms with van der Waals surface area (Å²) in [6.45, 7) is 13.4. The second-order valence-corrected chi connectivity index (χ2v) is 22.3. The molecule has 0 radical (unpaired) electrons. The van der Waals surface area contributed by atoms with E-state index in [1.807, 2.05) is 13.0 Å². The molecule has 6 aromatic rings. The Morgan fingerprint density at radius 2 is 1.71 bits per heavy atom. The van der Waals surface area contributed by atoms with Crippen molar-refractivity contribution in [2.75, 3.05) is 70.3 Å². The third kappa shape index (κ3) is 12.0. The van der Waals surface area contributed by atoms with Crippen LogP contribution in [0.1, 0.15) is 105 Å². The van der Waals surface area contributed by atoms with Crippen LogP contribution in [0.4, 0.5) is 21.6 Å². The van der Waals surface area contributed by atoms with Crippen LogP contribution >= 0.6 is 0 Å². The van der Waals surface area contributed by atoms with E-state index in [0.29, 0.717) is 49.9 Å². The predicted octanol–water partition coefficient (Wildman–Crippen LogP) is 9.83. The first-order valence-corrected chi connectivity index (χ1v) is 27.6. The van der Waals surface area contributed by atoms with Gasteiger partial charge in [-0.05, 0) is 116 Å². The average molecular weight is 1060 g/mol. The highest BCUT2D eigenvalue weighted by atomic mass is 32.2. The standard InChI is InChI=1S/C56H68FN9O9S/c1-7-74-55-51(29-44-45(57)32-60-52(44)61-55)75-49-27-39(13-14-43(49)54(67)63-76(70,71)40-28-46(62-69)53(59-31-40)58-30-36-16-20-56(4,68)21-17-36)65-22-18-38(19-23-65)66-25-24-64(33-37-12-15-48(72-5)50(26-37)73-6)34-47(66)42-11-9-8-10-41(42)35(2)3/h8-15,26-29,31-32,35-36,38,47,68H,7,16-25,30,33-34H2,1-6H3,(H,58,59)(H,60,61)(H,63,67)/t36-,47-,56-/m0/s1. The first-order valence-electron chi connectivity index (χ1n) is 26.1. The van der Waals surface area contributed by atoms with E-state index in [-0.39, 0.29) is 70.1 Å². The summed E-state index contributed by atoms with van der Waals surface area (Å²) in [5.74, 6) is 0.450. The van der Waals surface area contributed by atoms with Crippen molar-refractivity contribution < 1.29 is 41.7 Å². The molecule has 5 heterocycles. The number of piperazine rings is 1. The number of carbonyl (C=O) groups is 1. The molecule has 0 spiro atoms. The Labute approximate surface area is 443 Å². The number of pyridine rings is 2. The summed E-state index contributed by atoms with van der Waals surface area (Å²) in [5.41, 5.74) is 3.66. The maximum atomic E-state index is 15.0. The minimum Gasteiger partial charge on any atom is -0.493 e. The smallest absolute Gasteiger partial charge is 0.268 e. The number of methoxy groups -OCH3 is 2. The molecule has 1 atom stereocenters. The van der Waals surface area contributed by atoms with Gasteiger partial charge in [-0.25, -0.2) is 22.5 Å². The van der Waals surface area contributed by atoms with Crippen molar-refractivity contribution >= 4 is 44.2 Å². The fourth-order valence-electron chi connectivity index (χ4n) is 10.9. The van der Waals surface area contributed by atoms with E-state index in [1.54, 1.807) is 33.3 Å². The number of amides is 1. The number of aromatic nitrogens is 3. The van der Waals surface area contributed by atoms with Crippen LogP contribution in [0, 0.1) is 16.6 Å². The van der Waals surface area contributed by atoms with Gasteiger partial charge in [0.05, 0.1) is 37.4 Å². The molecule has 76 heavy (non-hydrogen) atoms. The predicted molar refractivity (Wildman–Crippen MR) is 289 cm³/mol. The number of sulfonamides is 1. The van der Waals surface area contributed by atoms with Gasteiger partial charge in [-0.2, -0.15) is 4.98 Å². The zero-order valence-corrected chi connectivity index (χ0v) is 44.8. The number of carbonyl (C=O) groups excluding carboxylic acids is 1. The van der Waals surface area contributed by atoms with Gasteiger partial charge in [0, 0.05) is 88.1 Å². The summed E-state index contributed by atoms with van der Waals surface area (Å²) in [5, 5.41) is 16.6. The van der Waals surface area contributed by atoms with Crippen LogP contribution in [0.5, 0.6) is 28.9 Å². The fraction of sp³-hybridized carbons (Fsp3) is 0.446. The SMILES string of the molecule is CCOc1nc2[nH]cc(F)c2cc1Oc1cc(N2CCC(N3CCN(Cc4ccc(OC)c(OC)c4)C[C@H]3c3ccccc3C(C)C)CC2)ccc1C(=O)NS(=O)(=O)c1cnc(NC[C@H]2CC[C@](C)(O)CC2)c(N=O)c1. The molecule has 2 aliphatic heterocycles. The largest absolute Gasteiger partial charge is 0.493 e. The number of anilines is 2. The van der Waals surface area contributed by atoms with E-state index >= 15 is 4.39 Å². The number of halogens is 1. The quantitative estimate of drug-likeness (QED) is 0.0556. The monoisotopic (exact) mass is 1060 g/mol. The lowest BCUT2D eigenvalue weighted by Gasteiger charge is -2.48. The molecule has 1 saturated carbocycles. The number of ether oxygens (including phenoxy) is 4. The molecule has 20 heteroatoms. The molecule has 9 rings (SSSR count). The van der Waals surface area contributed by atoms with Crippen molar-refractivity contribution in [1.29, 1.82) is 0 Å². The van der Waals surface area contributed by atoms with Crippen LogP contribution < -0.4 is 33.9 Å². The highest BCUT2D eigenvalue weighted by Gasteiger charge is 2.37. The van der Waals surface area contributed by atoms with E-state index in [0.717, 1.165) is 75.4 Å². The fourth-order valence-corrected chi connectivity index (χ4v) is 11.8. The number of aliphatic hydroxyl groups is 1. The summed E-state index contributed by atoms with van der Waals surface area (Å²) >= 11 is 0. The first-order chi connectivity index (χ1) is 36.6. The minimum atomic E-state index is -4.63. The summed E-state index contributed by atoms with van der Waals surface area (Å²) < 4.78 is 68.4. The second kappa shape index (κ2) is 23.2. The Bertz CT molecular complexity index is 3150. The van der Waals surface area contributed by atoms with Gasteiger partial charge >= 0.3 is 0 Å². The Balaban J connectivity index is 0.957. The molecule has 3 aromatic carbocycles. The van der Waals surface area contributed by atoms with Crippen molar-refractivity contribution in [1.82, 2.24) is 29.5 Å². The number of hydrogen-bond acceptors (Lipinski definition) is 16. The number of aromatic amines is 1. The molecule has 404 valence electrons. The van der Waals surface area contributed by atoms with E-state index < -0.39 is 32.2 Å². The Morgan fingerprint density at radius 3 is 2.43 bits per heavy atom. The summed E-state index contributed by atoms with van der Waals surface area (Å²) in [6.07, 6.45) is 6.73. The molecule has 3 fully saturated rings. The number of piperidine rings is 1. The summed E-state index contributed by atoms with van der Waals surface area (Å²) in [4.78, 5) is 44.7. The molecule has 0 bridgehead atoms. The Hall–Kier alpha value is -6.87. The van der Waals surface area contributed by atoms with Crippen molar-refractivity contribution in [2.45, 2.75) is 101 Å². The molecular weight excluding hydrogens is 994 g/mol. The Morgan fingerprint density at radius 1 is 0.947 bits per heavy atom. The molecule has 4 N–H and O–H groups in total. The van der Waals surface area contributed by atoms with E-state index in [9.17, 15) is 23.2 Å². The topological polar surface area (TPSA) is 213 Å². The number of rotatable bonds is 19. The van der Waals surface area contributed by atoms with Gasteiger partial charge in [0.1, 0.15) is 22.1 Å². The van der Waals surface area contributed by atoms with Crippen LogP contribution in [-0.4, -0.2) is 116 Å². The number of nitroso groups, excluding NO2 is 1. The number of fused-ring (bicyclic) bond motifs is 1. The lowest BCUT2D eigenvalue weighted by atomic mass is 9.80. The van der Waals surface area contributed by atoms with E-state index in [4.69, 9.17) is 18.9 Å². The molecule has 1 aliphatic carbocycles. The van der Waals surface area contributed by atoms with Crippen LogP contribution in [0.3, 0.4) is 0 Å². The van der Waals surface area contributed by atoms with Gasteiger partial charge in [-0.1, -0.05) is 44.2 Å². The second-order valence-electron chi connectivity index (χ2n) is 20.6. The lowest BCUT2D eigenvalue weighted by Crippen LogP contribution is -2.54. The molecule has 3 aliphatic rings. The van der Waals surface area contributed by atoms with Gasteiger partial charge in [0.2, 0.25) is 0 Å². The van der Waals surface area contributed by atoms with Crippen LogP contribution in [0.25, 0.3) is 11.0 Å². The van der Waals surface area contributed by atoms with Crippen LogP contribution in [0.2, 0.25) is 0 Å². The van der Waals surface area contributed by atoms with Crippen LogP contribution in [-0.2, 0) is 16.6 Å². The molecule has 2 saturated heterocycles.